The molecule has 1 aliphatic carbocycles. The molecule has 2 aliphatic heterocycles. The molecule has 4 rings (SSSR count). The van der Waals surface area contributed by atoms with Crippen LogP contribution in [0.15, 0.2) is 18.3 Å². The number of pyridine rings is 1. The van der Waals surface area contributed by atoms with Crippen molar-refractivity contribution in [3.63, 3.8) is 0 Å². The first-order valence-electron chi connectivity index (χ1n) is 12.7. The van der Waals surface area contributed by atoms with Gasteiger partial charge >= 0.3 is 0 Å². The Hall–Kier alpha value is -2.49. The van der Waals surface area contributed by atoms with Crippen LogP contribution in [0.5, 0.6) is 5.88 Å². The second kappa shape index (κ2) is 11.5. The smallest absolute Gasteiger partial charge is 0.259 e. The fourth-order valence-corrected chi connectivity index (χ4v) is 4.87. The lowest BCUT2D eigenvalue weighted by Crippen LogP contribution is -2.51. The van der Waals surface area contributed by atoms with E-state index in [9.17, 15) is 14.7 Å². The maximum atomic E-state index is 13.6. The van der Waals surface area contributed by atoms with Crippen LogP contribution >= 0.6 is 0 Å². The van der Waals surface area contributed by atoms with Gasteiger partial charge in [-0.25, -0.2) is 4.98 Å². The lowest BCUT2D eigenvalue weighted by Gasteiger charge is -2.38. The number of allylic oxidation sites excluding steroid dienone is 2. The molecule has 0 saturated carbocycles. The maximum absolute atomic E-state index is 13.6. The van der Waals surface area contributed by atoms with Crippen molar-refractivity contribution in [2.45, 2.75) is 45.3 Å². The highest BCUT2D eigenvalue weighted by Crippen LogP contribution is 2.32. The average Bonchev–Trinajstić information content (AvgIpc) is 3.41. The highest BCUT2D eigenvalue weighted by molar-refractivity contribution is 5.97. The molecule has 9 heteroatoms. The van der Waals surface area contributed by atoms with Gasteiger partial charge in [-0.2, -0.15) is 0 Å². The number of hydrogen-bond acceptors (Lipinski definition) is 7. The highest BCUT2D eigenvalue weighted by atomic mass is 16.5. The number of amides is 2. The zero-order valence-electron chi connectivity index (χ0n) is 21.1. The van der Waals surface area contributed by atoms with E-state index >= 15 is 0 Å². The summed E-state index contributed by atoms with van der Waals surface area (Å²) in [7, 11) is 1.79. The molecule has 192 valence electrons. The third-order valence-electron chi connectivity index (χ3n) is 7.27. The van der Waals surface area contributed by atoms with Gasteiger partial charge in [0.2, 0.25) is 11.8 Å². The van der Waals surface area contributed by atoms with E-state index in [2.05, 4.69) is 16.0 Å². The summed E-state index contributed by atoms with van der Waals surface area (Å²) in [4.78, 5) is 36.6. The fraction of sp³-hybridized carbons (Fsp3) is 0.654. The predicted octanol–water partition coefficient (Wildman–Crippen LogP) is 1.66. The van der Waals surface area contributed by atoms with Crippen LogP contribution < -0.4 is 4.74 Å². The van der Waals surface area contributed by atoms with Gasteiger partial charge < -0.3 is 24.4 Å². The summed E-state index contributed by atoms with van der Waals surface area (Å²) in [5, 5.41) is 9.85. The van der Waals surface area contributed by atoms with Crippen LogP contribution in [0, 0.1) is 5.92 Å². The molecule has 3 aliphatic rings. The van der Waals surface area contributed by atoms with E-state index in [0.717, 1.165) is 37.9 Å². The van der Waals surface area contributed by atoms with Gasteiger partial charge in [0.25, 0.3) is 5.91 Å². The Morgan fingerprint density at radius 2 is 2.11 bits per heavy atom. The molecule has 0 bridgehead atoms. The number of aromatic nitrogens is 1. The molecule has 3 heterocycles. The standard InChI is InChI=1S/C26H38N4O5/c1-18-14-30(19(2)17-31)26(33)22-12-21(20-6-4-5-7-20)13-27-25(22)35-23(18)15-28(3)24(32)16-29-8-10-34-11-9-29/h6,12-13,18-19,23,31H,4-5,7-11,14-17H2,1-3H3/t18-,19-,23+/m1/s1. The van der Waals surface area contributed by atoms with Crippen LogP contribution in [0.1, 0.15) is 49.0 Å². The quantitative estimate of drug-likeness (QED) is 0.626. The van der Waals surface area contributed by atoms with Gasteiger partial charge in [0.15, 0.2) is 0 Å². The minimum Gasteiger partial charge on any atom is -0.472 e. The first-order chi connectivity index (χ1) is 16.9. The molecule has 9 nitrogen and oxygen atoms in total. The van der Waals surface area contributed by atoms with Crippen LogP contribution in [0.25, 0.3) is 5.57 Å². The van der Waals surface area contributed by atoms with Crippen LogP contribution in [0.2, 0.25) is 0 Å². The van der Waals surface area contributed by atoms with Gasteiger partial charge in [0.05, 0.1) is 39.0 Å². The molecule has 1 saturated heterocycles. The minimum atomic E-state index is -0.349. The number of carbonyl (C=O) groups excluding carboxylic acids is 2. The molecular weight excluding hydrogens is 448 g/mol. The van der Waals surface area contributed by atoms with Crippen molar-refractivity contribution in [1.82, 2.24) is 19.7 Å². The molecule has 0 unspecified atom stereocenters. The number of rotatable bonds is 7. The maximum Gasteiger partial charge on any atom is 0.259 e. The van der Waals surface area contributed by atoms with Crippen molar-refractivity contribution >= 4 is 17.4 Å². The van der Waals surface area contributed by atoms with Gasteiger partial charge in [-0.1, -0.05) is 13.0 Å². The van der Waals surface area contributed by atoms with E-state index < -0.39 is 0 Å². The molecule has 0 radical (unpaired) electrons. The molecule has 0 aromatic carbocycles. The van der Waals surface area contributed by atoms with Gasteiger partial charge in [0.1, 0.15) is 11.7 Å². The summed E-state index contributed by atoms with van der Waals surface area (Å²) in [5.74, 6) is 0.0616. The molecule has 3 atom stereocenters. The van der Waals surface area contributed by atoms with Crippen molar-refractivity contribution in [2.75, 3.05) is 59.6 Å². The summed E-state index contributed by atoms with van der Waals surface area (Å²) in [6, 6.07) is 1.53. The molecule has 35 heavy (non-hydrogen) atoms. The van der Waals surface area contributed by atoms with Gasteiger partial charge in [-0.3, -0.25) is 14.5 Å². The van der Waals surface area contributed by atoms with E-state index in [4.69, 9.17) is 9.47 Å². The minimum absolute atomic E-state index is 0.0260. The average molecular weight is 487 g/mol. The van der Waals surface area contributed by atoms with Crippen LogP contribution in [0.4, 0.5) is 0 Å². The van der Waals surface area contributed by atoms with Crippen LogP contribution in [-0.4, -0.2) is 108 Å². The predicted molar refractivity (Wildman–Crippen MR) is 132 cm³/mol. The molecular formula is C26H38N4O5. The number of hydrogen-bond donors (Lipinski definition) is 1. The van der Waals surface area contributed by atoms with Crippen LogP contribution in [0.3, 0.4) is 0 Å². The molecule has 1 aromatic heterocycles. The van der Waals surface area contributed by atoms with Crippen molar-refractivity contribution in [2.24, 2.45) is 5.92 Å². The second-order valence-electron chi connectivity index (χ2n) is 9.98. The number of carbonyl (C=O) groups is 2. The highest BCUT2D eigenvalue weighted by Gasteiger charge is 2.35. The summed E-state index contributed by atoms with van der Waals surface area (Å²) in [6.45, 7) is 7.67. The molecule has 1 N–H and O–H groups in total. The SMILES string of the molecule is C[C@@H]1CN([C@H](C)CO)C(=O)c2cc(C3=CCCC3)cnc2O[C@H]1CN(C)C(=O)CN1CCOCC1. The van der Waals surface area contributed by atoms with E-state index in [-0.39, 0.29) is 42.4 Å². The van der Waals surface area contributed by atoms with Crippen molar-refractivity contribution in [3.05, 3.63) is 29.5 Å². The summed E-state index contributed by atoms with van der Waals surface area (Å²) in [6.07, 6.45) is 6.75. The topological polar surface area (TPSA) is 95.4 Å². The van der Waals surface area contributed by atoms with Crippen LogP contribution in [-0.2, 0) is 9.53 Å². The number of fused-ring (bicyclic) bond motifs is 1. The van der Waals surface area contributed by atoms with E-state index in [1.165, 1.54) is 5.57 Å². The van der Waals surface area contributed by atoms with E-state index in [0.29, 0.717) is 38.4 Å². The molecule has 0 spiro atoms. The zero-order chi connectivity index (χ0) is 24.9. The molecule has 1 aromatic rings. The summed E-state index contributed by atoms with van der Waals surface area (Å²) >= 11 is 0. The Morgan fingerprint density at radius 3 is 2.80 bits per heavy atom. The number of morpholine rings is 1. The summed E-state index contributed by atoms with van der Waals surface area (Å²) in [5.41, 5.74) is 2.56. The van der Waals surface area contributed by atoms with Gasteiger partial charge in [-0.05, 0) is 43.4 Å². The Labute approximate surface area is 207 Å². The Kier molecular flexibility index (Phi) is 8.41. The second-order valence-corrected chi connectivity index (χ2v) is 9.98. The third kappa shape index (κ3) is 6.02. The number of ether oxygens (including phenoxy) is 2. The number of aliphatic hydroxyl groups excluding tert-OH is 1. The largest absolute Gasteiger partial charge is 0.472 e. The molecule has 1 fully saturated rings. The number of aliphatic hydroxyl groups is 1. The molecule has 2 amide bonds. The Bertz CT molecular complexity index is 946. The summed E-state index contributed by atoms with van der Waals surface area (Å²) < 4.78 is 11.7. The van der Waals surface area contributed by atoms with Crippen molar-refractivity contribution in [1.29, 1.82) is 0 Å². The van der Waals surface area contributed by atoms with Gasteiger partial charge in [0, 0.05) is 38.8 Å². The van der Waals surface area contributed by atoms with Gasteiger partial charge in [-0.15, -0.1) is 0 Å². The zero-order valence-corrected chi connectivity index (χ0v) is 21.1. The lowest BCUT2D eigenvalue weighted by molar-refractivity contribution is -0.133. The van der Waals surface area contributed by atoms with E-state index in [1.807, 2.05) is 19.9 Å². The first-order valence-corrected chi connectivity index (χ1v) is 12.7. The Morgan fingerprint density at radius 1 is 1.34 bits per heavy atom. The third-order valence-corrected chi connectivity index (χ3v) is 7.27. The number of likely N-dealkylation sites (N-methyl/N-ethyl adjacent to an activating group) is 1. The van der Waals surface area contributed by atoms with Crippen molar-refractivity contribution in [3.8, 4) is 5.88 Å². The lowest BCUT2D eigenvalue weighted by atomic mass is 9.99. The van der Waals surface area contributed by atoms with E-state index in [1.54, 1.807) is 23.0 Å². The normalized spacial score (nSPS) is 24.2. The fourth-order valence-electron chi connectivity index (χ4n) is 4.87. The monoisotopic (exact) mass is 486 g/mol. The van der Waals surface area contributed by atoms with Crippen molar-refractivity contribution < 1.29 is 24.2 Å². The first kappa shape index (κ1) is 25.6. The number of nitrogens with zero attached hydrogens (tertiary/aromatic N) is 4. The Balaban J connectivity index is 1.56.